The first-order chi connectivity index (χ1) is 20.4. The smallest absolute Gasteiger partial charge is 0.0473 e. The van der Waals surface area contributed by atoms with E-state index < -0.39 is 0 Å². The van der Waals surface area contributed by atoms with Gasteiger partial charge in [0.15, 0.2) is 0 Å². The molecule has 0 aromatic heterocycles. The first kappa shape index (κ1) is 24.9. The Kier molecular flexibility index (Phi) is 5.02. The Bertz CT molecular complexity index is 1930. The number of benzene rings is 4. The molecule has 0 heterocycles. The molecule has 2 unspecified atom stereocenters. The van der Waals surface area contributed by atoms with Crippen molar-refractivity contribution in [3.05, 3.63) is 129 Å². The third-order valence-electron chi connectivity index (χ3n) is 11.8. The number of hydrogen-bond donors (Lipinski definition) is 0. The van der Waals surface area contributed by atoms with E-state index in [1.54, 1.807) is 39.0 Å². The molecular formula is C42H40. The van der Waals surface area contributed by atoms with Crippen LogP contribution in [0.2, 0.25) is 0 Å². The molecule has 42 heavy (non-hydrogen) atoms. The fraction of sp³-hybridized carbons (Fsp3) is 0.333. The highest BCUT2D eigenvalue weighted by molar-refractivity contribution is 6.10. The van der Waals surface area contributed by atoms with Gasteiger partial charge < -0.3 is 0 Å². The van der Waals surface area contributed by atoms with Gasteiger partial charge in [0.05, 0.1) is 0 Å². The van der Waals surface area contributed by atoms with Crippen LogP contribution in [0.1, 0.15) is 93.2 Å². The zero-order valence-corrected chi connectivity index (χ0v) is 25.5. The summed E-state index contributed by atoms with van der Waals surface area (Å²) in [5, 5.41) is 2.82. The summed E-state index contributed by atoms with van der Waals surface area (Å²) in [6.07, 6.45) is 13.1. The molecule has 0 saturated heterocycles. The largest absolute Gasteiger partial charge is 0.0681 e. The van der Waals surface area contributed by atoms with Gasteiger partial charge in [-0.2, -0.15) is 0 Å². The maximum absolute atomic E-state index is 2.71. The summed E-state index contributed by atoms with van der Waals surface area (Å²) >= 11 is 0. The molecule has 0 aliphatic heterocycles. The molecule has 1 saturated carbocycles. The number of rotatable bonds is 1. The number of hydrogen-bond acceptors (Lipinski definition) is 0. The number of allylic oxidation sites excluding steroid dienone is 6. The second-order valence-electron chi connectivity index (χ2n) is 14.5. The molecule has 1 fully saturated rings. The van der Waals surface area contributed by atoms with E-state index in [0.717, 1.165) is 6.42 Å². The summed E-state index contributed by atoms with van der Waals surface area (Å²) in [5.41, 5.74) is 18.2. The third-order valence-corrected chi connectivity index (χ3v) is 11.8. The van der Waals surface area contributed by atoms with Crippen molar-refractivity contribution in [3.8, 4) is 11.1 Å². The second kappa shape index (κ2) is 8.47. The highest BCUT2D eigenvalue weighted by atomic mass is 14.6. The molecule has 4 aromatic carbocycles. The average Bonchev–Trinajstić information content (AvgIpc) is 3.59. The van der Waals surface area contributed by atoms with Gasteiger partial charge in [0.25, 0.3) is 0 Å². The standard InChI is InChI=1S/C42H40/c1-25-22-26(2)37(28-13-6-5-7-14-28)42(24-25)35-21-20-32-34-23-29-15-9-11-17-31(29)38(34)41(3,4)40(32)36(35)33-19-18-27-12-8-10-16-30(27)39(33)42/h8-12,15-22,24,28,37H,5-7,13-14,23H2,1-4H3. The molecule has 0 radical (unpaired) electrons. The molecule has 0 bridgehead atoms. The Morgan fingerprint density at radius 2 is 1.48 bits per heavy atom. The van der Waals surface area contributed by atoms with Crippen molar-refractivity contribution in [1.29, 1.82) is 0 Å². The van der Waals surface area contributed by atoms with Crippen molar-refractivity contribution >= 4 is 21.9 Å². The highest BCUT2D eigenvalue weighted by Gasteiger charge is 2.55. The van der Waals surface area contributed by atoms with Gasteiger partial charge in [0.1, 0.15) is 0 Å². The molecule has 1 spiro atoms. The molecular weight excluding hydrogens is 504 g/mol. The Balaban J connectivity index is 1.39. The molecule has 0 N–H and O–H groups in total. The van der Waals surface area contributed by atoms with Crippen molar-refractivity contribution in [2.45, 2.75) is 77.0 Å². The van der Waals surface area contributed by atoms with Crippen molar-refractivity contribution < 1.29 is 0 Å². The van der Waals surface area contributed by atoms with E-state index >= 15 is 0 Å². The van der Waals surface area contributed by atoms with Gasteiger partial charge >= 0.3 is 0 Å². The highest BCUT2D eigenvalue weighted by Crippen LogP contribution is 2.66. The minimum absolute atomic E-state index is 0.0459. The van der Waals surface area contributed by atoms with E-state index in [2.05, 4.69) is 113 Å². The molecule has 0 heteroatoms. The fourth-order valence-corrected chi connectivity index (χ4v) is 10.6. The Morgan fingerprint density at radius 1 is 0.714 bits per heavy atom. The normalized spacial score (nSPS) is 25.2. The van der Waals surface area contributed by atoms with Crippen LogP contribution >= 0.6 is 0 Å². The summed E-state index contributed by atoms with van der Waals surface area (Å²) in [4.78, 5) is 0. The first-order valence-electron chi connectivity index (χ1n) is 16.3. The zero-order chi connectivity index (χ0) is 28.4. The van der Waals surface area contributed by atoms with Crippen LogP contribution in [0.3, 0.4) is 0 Å². The van der Waals surface area contributed by atoms with E-state index in [1.165, 1.54) is 70.7 Å². The van der Waals surface area contributed by atoms with Crippen molar-refractivity contribution in [3.63, 3.8) is 0 Å². The lowest BCUT2D eigenvalue weighted by molar-refractivity contribution is 0.227. The van der Waals surface area contributed by atoms with E-state index in [1.807, 2.05) is 0 Å². The maximum Gasteiger partial charge on any atom is 0.0473 e. The van der Waals surface area contributed by atoms with Crippen molar-refractivity contribution in [2.24, 2.45) is 11.8 Å². The van der Waals surface area contributed by atoms with Crippen LogP contribution in [0.25, 0.3) is 33.0 Å². The lowest BCUT2D eigenvalue weighted by atomic mass is 9.56. The summed E-state index contributed by atoms with van der Waals surface area (Å²) in [5.74, 6) is 1.21. The predicted molar refractivity (Wildman–Crippen MR) is 178 cm³/mol. The monoisotopic (exact) mass is 544 g/mol. The fourth-order valence-electron chi connectivity index (χ4n) is 10.6. The van der Waals surface area contributed by atoms with Crippen LogP contribution in [0.5, 0.6) is 0 Å². The maximum atomic E-state index is 2.71. The van der Waals surface area contributed by atoms with Gasteiger partial charge in [-0.1, -0.05) is 129 Å². The van der Waals surface area contributed by atoms with Crippen molar-refractivity contribution in [1.82, 2.24) is 0 Å². The predicted octanol–water partition coefficient (Wildman–Crippen LogP) is 11.0. The lowest BCUT2D eigenvalue weighted by Crippen LogP contribution is -2.41. The van der Waals surface area contributed by atoms with Gasteiger partial charge in [0.2, 0.25) is 0 Å². The minimum atomic E-state index is -0.132. The van der Waals surface area contributed by atoms with Crippen LogP contribution in [0, 0.1) is 11.8 Å². The van der Waals surface area contributed by atoms with Gasteiger partial charge in [-0.05, 0) is 111 Å². The molecule has 0 amide bonds. The Hall–Kier alpha value is -3.64. The second-order valence-corrected chi connectivity index (χ2v) is 14.5. The third kappa shape index (κ3) is 2.99. The summed E-state index contributed by atoms with van der Waals surface area (Å²) < 4.78 is 0. The van der Waals surface area contributed by atoms with Crippen LogP contribution < -0.4 is 0 Å². The minimum Gasteiger partial charge on any atom is -0.0681 e. The van der Waals surface area contributed by atoms with Crippen LogP contribution in [-0.4, -0.2) is 0 Å². The molecule has 5 aliphatic carbocycles. The van der Waals surface area contributed by atoms with Crippen LogP contribution in [0.4, 0.5) is 0 Å². The Labute approximate surface area is 250 Å². The molecule has 9 rings (SSSR count). The molecule has 4 aromatic rings. The number of fused-ring (bicyclic) bond motifs is 12. The first-order valence-corrected chi connectivity index (χ1v) is 16.3. The van der Waals surface area contributed by atoms with E-state index in [0.29, 0.717) is 11.8 Å². The van der Waals surface area contributed by atoms with E-state index in [4.69, 9.17) is 0 Å². The summed E-state index contributed by atoms with van der Waals surface area (Å²) in [7, 11) is 0. The molecule has 2 atom stereocenters. The molecule has 208 valence electrons. The topological polar surface area (TPSA) is 0 Å². The quantitative estimate of drug-likeness (QED) is 0.224. The van der Waals surface area contributed by atoms with Crippen molar-refractivity contribution in [2.75, 3.05) is 0 Å². The average molecular weight is 545 g/mol. The van der Waals surface area contributed by atoms with Gasteiger partial charge in [-0.25, -0.2) is 0 Å². The zero-order valence-electron chi connectivity index (χ0n) is 25.5. The summed E-state index contributed by atoms with van der Waals surface area (Å²) in [6.45, 7) is 9.81. The lowest BCUT2D eigenvalue weighted by Gasteiger charge is -2.47. The van der Waals surface area contributed by atoms with Gasteiger partial charge in [0, 0.05) is 10.8 Å². The molecule has 0 nitrogen and oxygen atoms in total. The van der Waals surface area contributed by atoms with Crippen LogP contribution in [-0.2, 0) is 17.3 Å². The summed E-state index contributed by atoms with van der Waals surface area (Å²) in [6, 6.07) is 28.4. The van der Waals surface area contributed by atoms with E-state index in [-0.39, 0.29) is 10.8 Å². The van der Waals surface area contributed by atoms with Gasteiger partial charge in [-0.3, -0.25) is 0 Å². The van der Waals surface area contributed by atoms with Gasteiger partial charge in [-0.15, -0.1) is 0 Å². The molecule has 5 aliphatic rings. The SMILES string of the molecule is CC1=CC2(c3ccc4c(c3-c3ccc5ccccc5c32)C(C)(C)C2=C4Cc3ccccc32)C(C2CCCCC2)C(C)=C1. The van der Waals surface area contributed by atoms with E-state index in [9.17, 15) is 0 Å². The Morgan fingerprint density at radius 3 is 2.33 bits per heavy atom. The van der Waals surface area contributed by atoms with Crippen LogP contribution in [0.15, 0.2) is 96.1 Å².